The molecule has 1 fully saturated rings. The lowest BCUT2D eigenvalue weighted by molar-refractivity contribution is 0.0883. The highest BCUT2D eigenvalue weighted by molar-refractivity contribution is 5.16. The number of aromatic nitrogens is 1. The van der Waals surface area contributed by atoms with Gasteiger partial charge in [0.1, 0.15) is 0 Å². The van der Waals surface area contributed by atoms with Crippen molar-refractivity contribution in [2.24, 2.45) is 5.41 Å². The molecular weight excluding hydrogens is 200 g/mol. The van der Waals surface area contributed by atoms with Crippen molar-refractivity contribution < 1.29 is 5.11 Å². The van der Waals surface area contributed by atoms with Crippen LogP contribution in [0.15, 0.2) is 18.3 Å². The number of hydrogen-bond acceptors (Lipinski definition) is 3. The molecule has 0 aliphatic carbocycles. The van der Waals surface area contributed by atoms with Crippen molar-refractivity contribution in [2.45, 2.75) is 26.2 Å². The molecule has 2 heterocycles. The van der Waals surface area contributed by atoms with Crippen LogP contribution in [-0.2, 0) is 6.42 Å². The third kappa shape index (κ3) is 2.60. The Labute approximate surface area is 96.9 Å². The van der Waals surface area contributed by atoms with E-state index in [0.717, 1.165) is 38.0 Å². The van der Waals surface area contributed by atoms with Crippen LogP contribution >= 0.6 is 0 Å². The summed E-state index contributed by atoms with van der Waals surface area (Å²) in [6.45, 7) is 4.36. The fourth-order valence-corrected chi connectivity index (χ4v) is 2.43. The zero-order chi connectivity index (χ0) is 11.4. The summed E-state index contributed by atoms with van der Waals surface area (Å²) in [5.41, 5.74) is 2.40. The SMILES string of the molecule is Cc1ccnc(CC2(CO)CCNCC2)c1. The fraction of sp³-hybridized carbons (Fsp3) is 0.615. The number of aliphatic hydroxyl groups is 1. The lowest BCUT2D eigenvalue weighted by atomic mass is 9.76. The van der Waals surface area contributed by atoms with Crippen molar-refractivity contribution in [3.63, 3.8) is 0 Å². The number of aryl methyl sites for hydroxylation is 1. The van der Waals surface area contributed by atoms with Gasteiger partial charge in [-0.3, -0.25) is 4.98 Å². The van der Waals surface area contributed by atoms with Crippen molar-refractivity contribution in [1.82, 2.24) is 10.3 Å². The Morgan fingerprint density at radius 2 is 2.19 bits per heavy atom. The first-order chi connectivity index (χ1) is 7.74. The molecule has 1 aromatic heterocycles. The van der Waals surface area contributed by atoms with Crippen LogP contribution in [-0.4, -0.2) is 29.8 Å². The van der Waals surface area contributed by atoms with Crippen molar-refractivity contribution >= 4 is 0 Å². The maximum Gasteiger partial charge on any atom is 0.0492 e. The van der Waals surface area contributed by atoms with Crippen LogP contribution in [0.5, 0.6) is 0 Å². The highest BCUT2D eigenvalue weighted by Gasteiger charge is 2.31. The van der Waals surface area contributed by atoms with Crippen LogP contribution in [0.25, 0.3) is 0 Å². The Balaban J connectivity index is 2.11. The predicted molar refractivity (Wildman–Crippen MR) is 64.3 cm³/mol. The monoisotopic (exact) mass is 220 g/mol. The minimum atomic E-state index is 0.0477. The fourth-order valence-electron chi connectivity index (χ4n) is 2.43. The molecule has 0 atom stereocenters. The van der Waals surface area contributed by atoms with E-state index in [9.17, 15) is 5.11 Å². The van der Waals surface area contributed by atoms with E-state index >= 15 is 0 Å². The molecule has 0 unspecified atom stereocenters. The average molecular weight is 220 g/mol. The molecule has 0 amide bonds. The highest BCUT2D eigenvalue weighted by Crippen LogP contribution is 2.31. The number of hydrogen-bond donors (Lipinski definition) is 2. The molecule has 0 saturated carbocycles. The van der Waals surface area contributed by atoms with Crippen LogP contribution in [0, 0.1) is 12.3 Å². The van der Waals surface area contributed by atoms with E-state index in [-0.39, 0.29) is 12.0 Å². The van der Waals surface area contributed by atoms with E-state index < -0.39 is 0 Å². The molecule has 16 heavy (non-hydrogen) atoms. The normalized spacial score (nSPS) is 19.6. The molecule has 0 spiro atoms. The van der Waals surface area contributed by atoms with Gasteiger partial charge in [0.05, 0.1) is 0 Å². The summed E-state index contributed by atoms with van der Waals surface area (Å²) in [6, 6.07) is 4.14. The van der Waals surface area contributed by atoms with Gasteiger partial charge in [0.15, 0.2) is 0 Å². The quantitative estimate of drug-likeness (QED) is 0.807. The summed E-state index contributed by atoms with van der Waals surface area (Å²) in [5, 5.41) is 13.0. The molecule has 0 radical (unpaired) electrons. The third-order valence-electron chi connectivity index (χ3n) is 3.53. The molecule has 3 nitrogen and oxygen atoms in total. The molecule has 0 bridgehead atoms. The van der Waals surface area contributed by atoms with E-state index in [4.69, 9.17) is 0 Å². The number of aliphatic hydroxyl groups excluding tert-OH is 1. The largest absolute Gasteiger partial charge is 0.396 e. The molecule has 3 heteroatoms. The van der Waals surface area contributed by atoms with Crippen molar-refractivity contribution in [1.29, 1.82) is 0 Å². The molecule has 2 N–H and O–H groups in total. The molecule has 1 aliphatic rings. The van der Waals surface area contributed by atoms with Gasteiger partial charge < -0.3 is 10.4 Å². The molecule has 0 aromatic carbocycles. The second-order valence-corrected chi connectivity index (χ2v) is 4.91. The van der Waals surface area contributed by atoms with E-state index in [2.05, 4.69) is 23.3 Å². The van der Waals surface area contributed by atoms with Crippen molar-refractivity contribution in [2.75, 3.05) is 19.7 Å². The summed E-state index contributed by atoms with van der Waals surface area (Å²) in [6.07, 6.45) is 4.84. The summed E-state index contributed by atoms with van der Waals surface area (Å²) in [4.78, 5) is 4.40. The van der Waals surface area contributed by atoms with Gasteiger partial charge in [-0.2, -0.15) is 0 Å². The van der Waals surface area contributed by atoms with Gasteiger partial charge in [-0.05, 0) is 57.0 Å². The summed E-state index contributed by atoms with van der Waals surface area (Å²) >= 11 is 0. The molecule has 2 rings (SSSR count). The van der Waals surface area contributed by atoms with E-state index in [1.54, 1.807) is 0 Å². The minimum absolute atomic E-state index is 0.0477. The Kier molecular flexibility index (Phi) is 3.56. The van der Waals surface area contributed by atoms with Crippen molar-refractivity contribution in [3.05, 3.63) is 29.6 Å². The van der Waals surface area contributed by atoms with Gasteiger partial charge in [-0.1, -0.05) is 0 Å². The van der Waals surface area contributed by atoms with Gasteiger partial charge in [0.2, 0.25) is 0 Å². The van der Waals surface area contributed by atoms with Crippen LogP contribution in [0.2, 0.25) is 0 Å². The number of rotatable bonds is 3. The minimum Gasteiger partial charge on any atom is -0.396 e. The maximum absolute atomic E-state index is 9.62. The van der Waals surface area contributed by atoms with Gasteiger partial charge in [-0.15, -0.1) is 0 Å². The van der Waals surface area contributed by atoms with Crippen molar-refractivity contribution in [3.8, 4) is 0 Å². The zero-order valence-corrected chi connectivity index (χ0v) is 9.87. The summed E-state index contributed by atoms with van der Waals surface area (Å²) < 4.78 is 0. The molecule has 1 aliphatic heterocycles. The number of nitrogens with one attached hydrogen (secondary N) is 1. The second kappa shape index (κ2) is 4.93. The number of pyridine rings is 1. The topological polar surface area (TPSA) is 45.2 Å². The van der Waals surface area contributed by atoms with Crippen LogP contribution in [0.3, 0.4) is 0 Å². The smallest absolute Gasteiger partial charge is 0.0492 e. The first-order valence-electron chi connectivity index (χ1n) is 5.97. The Morgan fingerprint density at radius 3 is 2.81 bits per heavy atom. The van der Waals surface area contributed by atoms with Crippen LogP contribution in [0.1, 0.15) is 24.1 Å². The number of piperidine rings is 1. The van der Waals surface area contributed by atoms with Crippen LogP contribution < -0.4 is 5.32 Å². The van der Waals surface area contributed by atoms with Crippen LogP contribution in [0.4, 0.5) is 0 Å². The maximum atomic E-state index is 9.62. The van der Waals surface area contributed by atoms with Gasteiger partial charge in [-0.25, -0.2) is 0 Å². The first kappa shape index (κ1) is 11.6. The number of nitrogens with zero attached hydrogens (tertiary/aromatic N) is 1. The predicted octanol–water partition coefficient (Wildman–Crippen LogP) is 1.29. The summed E-state index contributed by atoms with van der Waals surface area (Å²) in [5.74, 6) is 0. The van der Waals surface area contributed by atoms with Gasteiger partial charge in [0.25, 0.3) is 0 Å². The van der Waals surface area contributed by atoms with E-state index in [1.807, 2.05) is 12.3 Å². The van der Waals surface area contributed by atoms with Gasteiger partial charge in [0, 0.05) is 23.9 Å². The standard InChI is InChI=1S/C13H20N2O/c1-11-2-5-15-12(8-11)9-13(10-16)3-6-14-7-4-13/h2,5,8,14,16H,3-4,6-7,9-10H2,1H3. The zero-order valence-electron chi connectivity index (χ0n) is 9.87. The highest BCUT2D eigenvalue weighted by atomic mass is 16.3. The molecule has 1 saturated heterocycles. The third-order valence-corrected chi connectivity index (χ3v) is 3.53. The van der Waals surface area contributed by atoms with Gasteiger partial charge >= 0.3 is 0 Å². The molecule has 88 valence electrons. The second-order valence-electron chi connectivity index (χ2n) is 4.91. The molecular formula is C13H20N2O. The van der Waals surface area contributed by atoms with E-state index in [1.165, 1.54) is 5.56 Å². The lowest BCUT2D eigenvalue weighted by Crippen LogP contribution is -2.40. The Bertz CT molecular complexity index is 346. The van der Waals surface area contributed by atoms with E-state index in [0.29, 0.717) is 0 Å². The summed E-state index contributed by atoms with van der Waals surface area (Å²) in [7, 11) is 0. The Hall–Kier alpha value is -0.930. The average Bonchev–Trinajstić information content (AvgIpc) is 2.30. The molecule has 1 aromatic rings. The lowest BCUT2D eigenvalue weighted by Gasteiger charge is -2.35. The first-order valence-corrected chi connectivity index (χ1v) is 5.97. The Morgan fingerprint density at radius 1 is 1.44 bits per heavy atom.